The Balaban J connectivity index is 1.24. The molecule has 0 amide bonds. The summed E-state index contributed by atoms with van der Waals surface area (Å²) in [5, 5.41) is 0. The molecule has 3 heteroatoms. The van der Waals surface area contributed by atoms with Crippen LogP contribution in [-0.2, 0) is 9.53 Å². The average molecular weight is 438 g/mol. The summed E-state index contributed by atoms with van der Waals surface area (Å²) in [5.41, 5.74) is 0. The first-order chi connectivity index (χ1) is 11.5. The number of hydrogen-bond acceptors (Lipinski definition) is 2. The number of esters is 1. The largest absolute Gasteiger partial charge is 0.448 e. The van der Waals surface area contributed by atoms with E-state index >= 15 is 0 Å². The van der Waals surface area contributed by atoms with Gasteiger partial charge in [0.2, 0.25) is 0 Å². The van der Waals surface area contributed by atoms with E-state index in [4.69, 9.17) is 4.74 Å². The van der Waals surface area contributed by atoms with Gasteiger partial charge in [-0.05, 0) is 108 Å². The lowest BCUT2D eigenvalue weighted by atomic mass is 9.65. The summed E-state index contributed by atoms with van der Waals surface area (Å²) < 4.78 is 6.12. The number of carbonyl (C=O) groups is 1. The van der Waals surface area contributed by atoms with Gasteiger partial charge in [-0.15, -0.1) is 0 Å². The molecule has 5 saturated carbocycles. The number of alkyl halides is 1. The zero-order chi connectivity index (χ0) is 16.2. The van der Waals surface area contributed by atoms with Crippen LogP contribution in [0.5, 0.6) is 0 Å². The highest BCUT2D eigenvalue weighted by atomic mass is 127. The van der Waals surface area contributed by atoms with E-state index in [0.29, 0.717) is 17.8 Å². The quantitative estimate of drug-likeness (QED) is 0.203. The molecule has 24 heavy (non-hydrogen) atoms. The molecule has 6 rings (SSSR count). The normalized spacial score (nSPS) is 61.8. The number of carbonyl (C=O) groups excluding carboxylic acids is 1. The number of allylic oxidation sites excluding steroid dienone is 2. The Labute approximate surface area is 158 Å². The zero-order valence-electron chi connectivity index (χ0n) is 14.4. The van der Waals surface area contributed by atoms with Gasteiger partial charge >= 0.3 is 5.97 Å². The highest BCUT2D eigenvalue weighted by molar-refractivity contribution is 14.1. The monoisotopic (exact) mass is 438 g/mol. The van der Waals surface area contributed by atoms with Gasteiger partial charge in [-0.3, -0.25) is 4.79 Å². The van der Waals surface area contributed by atoms with Crippen LogP contribution in [0.1, 0.15) is 45.4 Å². The summed E-state index contributed by atoms with van der Waals surface area (Å²) >= 11 is 2.49. The number of fused-ring (bicyclic) bond motifs is 11. The van der Waals surface area contributed by atoms with Crippen molar-refractivity contribution in [2.45, 2.75) is 49.1 Å². The van der Waals surface area contributed by atoms with Crippen molar-refractivity contribution in [1.29, 1.82) is 0 Å². The molecule has 0 saturated heterocycles. The van der Waals surface area contributed by atoms with Crippen molar-refractivity contribution in [3.05, 3.63) is 12.2 Å². The van der Waals surface area contributed by atoms with Gasteiger partial charge in [0.15, 0.2) is 3.61 Å². The summed E-state index contributed by atoms with van der Waals surface area (Å²) in [6.07, 6.45) is 12.7. The highest BCUT2D eigenvalue weighted by Gasteiger charge is 2.66. The molecule has 0 aliphatic heterocycles. The Kier molecular flexibility index (Phi) is 3.01. The zero-order valence-corrected chi connectivity index (χ0v) is 16.5. The molecule has 0 N–H and O–H groups in total. The van der Waals surface area contributed by atoms with E-state index in [1.54, 1.807) is 0 Å². The van der Waals surface area contributed by atoms with Gasteiger partial charge in [0.25, 0.3) is 0 Å². The minimum atomic E-state index is -0.173. The van der Waals surface area contributed by atoms with Crippen molar-refractivity contribution < 1.29 is 9.53 Å². The maximum Gasteiger partial charge on any atom is 0.310 e. The van der Waals surface area contributed by atoms with E-state index in [1.165, 1.54) is 32.1 Å². The summed E-state index contributed by atoms with van der Waals surface area (Å²) in [4.78, 5) is 13.2. The molecule has 6 bridgehead atoms. The fourth-order valence-electron chi connectivity index (χ4n) is 8.30. The van der Waals surface area contributed by atoms with Gasteiger partial charge in [-0.2, -0.15) is 0 Å². The van der Waals surface area contributed by atoms with E-state index in [1.807, 2.05) is 0 Å². The minimum Gasteiger partial charge on any atom is -0.448 e. The van der Waals surface area contributed by atoms with Crippen LogP contribution in [0, 0.1) is 59.2 Å². The van der Waals surface area contributed by atoms with Gasteiger partial charge in [0.05, 0.1) is 5.92 Å². The van der Waals surface area contributed by atoms with Crippen molar-refractivity contribution >= 4 is 28.6 Å². The second kappa shape index (κ2) is 4.80. The second-order valence-corrected chi connectivity index (χ2v) is 11.7. The van der Waals surface area contributed by atoms with Crippen molar-refractivity contribution in [2.24, 2.45) is 59.2 Å². The Hall–Kier alpha value is -0.0600. The molecule has 11 unspecified atom stereocenters. The Morgan fingerprint density at radius 2 is 1.83 bits per heavy atom. The maximum absolute atomic E-state index is 13.2. The number of ether oxygens (including phenoxy) is 1. The fourth-order valence-corrected chi connectivity index (χ4v) is 9.71. The standard InChI is InChI=1S/C21H27IO2/c1-10-15-8-16(19-13-4-3-12(7-13)18(15)19)17(10)20(23)24-21(22)9-11-2-5-14(21)6-11/h3-4,10-19H,2,5-9H2,1H3. The van der Waals surface area contributed by atoms with Gasteiger partial charge in [0.1, 0.15) is 0 Å². The van der Waals surface area contributed by atoms with Crippen molar-refractivity contribution in [1.82, 2.24) is 0 Å². The summed E-state index contributed by atoms with van der Waals surface area (Å²) in [6.45, 7) is 2.35. The van der Waals surface area contributed by atoms with Crippen LogP contribution in [0.2, 0.25) is 0 Å². The lowest BCUT2D eigenvalue weighted by molar-refractivity contribution is -0.163. The molecule has 5 fully saturated rings. The molecule has 0 radical (unpaired) electrons. The third-order valence-electron chi connectivity index (χ3n) is 9.08. The van der Waals surface area contributed by atoms with Crippen molar-refractivity contribution in [3.8, 4) is 0 Å². The fraction of sp³-hybridized carbons (Fsp3) is 0.857. The smallest absolute Gasteiger partial charge is 0.310 e. The number of rotatable bonds is 2. The Bertz CT molecular complexity index is 629. The molecular weight excluding hydrogens is 411 g/mol. The predicted molar refractivity (Wildman–Crippen MR) is 100 cm³/mol. The molecule has 0 aromatic carbocycles. The number of hydrogen-bond donors (Lipinski definition) is 0. The minimum absolute atomic E-state index is 0.169. The van der Waals surface area contributed by atoms with E-state index in [9.17, 15) is 4.79 Å². The van der Waals surface area contributed by atoms with Gasteiger partial charge in [-0.1, -0.05) is 19.1 Å². The summed E-state index contributed by atoms with van der Waals surface area (Å²) in [6, 6.07) is 0. The number of halogens is 1. The first kappa shape index (κ1) is 15.0. The van der Waals surface area contributed by atoms with E-state index in [-0.39, 0.29) is 15.5 Å². The lowest BCUT2D eigenvalue weighted by Gasteiger charge is -2.41. The molecule has 0 aromatic heterocycles. The van der Waals surface area contributed by atoms with Gasteiger partial charge in [0, 0.05) is 5.92 Å². The molecule has 130 valence electrons. The van der Waals surface area contributed by atoms with E-state index < -0.39 is 0 Å². The average Bonchev–Trinajstić information content (AvgIpc) is 3.33. The van der Waals surface area contributed by atoms with Crippen LogP contribution in [-0.4, -0.2) is 9.58 Å². The van der Waals surface area contributed by atoms with Gasteiger partial charge in [-0.25, -0.2) is 0 Å². The molecule has 0 spiro atoms. The molecular formula is C21H27IO2. The Morgan fingerprint density at radius 3 is 2.50 bits per heavy atom. The molecule has 0 heterocycles. The second-order valence-electron chi connectivity index (χ2n) is 9.84. The molecule has 0 aromatic rings. The highest BCUT2D eigenvalue weighted by Crippen LogP contribution is 2.69. The third kappa shape index (κ3) is 1.76. The van der Waals surface area contributed by atoms with Crippen LogP contribution in [0.4, 0.5) is 0 Å². The third-order valence-corrected chi connectivity index (χ3v) is 10.6. The van der Waals surface area contributed by atoms with Crippen LogP contribution in [0.3, 0.4) is 0 Å². The molecule has 2 nitrogen and oxygen atoms in total. The predicted octanol–water partition coefficient (Wildman–Crippen LogP) is 4.82. The van der Waals surface area contributed by atoms with Gasteiger partial charge < -0.3 is 4.74 Å². The van der Waals surface area contributed by atoms with Crippen molar-refractivity contribution in [2.75, 3.05) is 0 Å². The van der Waals surface area contributed by atoms with Crippen LogP contribution < -0.4 is 0 Å². The topological polar surface area (TPSA) is 26.3 Å². The summed E-state index contributed by atoms with van der Waals surface area (Å²) in [7, 11) is 0. The first-order valence-corrected chi connectivity index (χ1v) is 11.2. The van der Waals surface area contributed by atoms with Crippen LogP contribution in [0.15, 0.2) is 12.2 Å². The van der Waals surface area contributed by atoms with Crippen LogP contribution >= 0.6 is 22.6 Å². The maximum atomic E-state index is 13.2. The van der Waals surface area contributed by atoms with E-state index in [0.717, 1.165) is 41.9 Å². The summed E-state index contributed by atoms with van der Waals surface area (Å²) in [5.74, 6) is 7.01. The van der Waals surface area contributed by atoms with Crippen LogP contribution in [0.25, 0.3) is 0 Å². The first-order valence-electron chi connectivity index (χ1n) is 10.2. The van der Waals surface area contributed by atoms with Crippen molar-refractivity contribution in [3.63, 3.8) is 0 Å². The molecule has 6 aliphatic rings. The molecule has 6 aliphatic carbocycles. The Morgan fingerprint density at radius 1 is 1.08 bits per heavy atom. The van der Waals surface area contributed by atoms with E-state index in [2.05, 4.69) is 41.7 Å². The lowest BCUT2D eigenvalue weighted by Crippen LogP contribution is -2.43. The molecule has 11 atom stereocenters. The SMILES string of the molecule is CC1C2CC(C1C(=O)OC1(I)CC3CCC1C3)C1C3C=CC(C3)C21.